The first kappa shape index (κ1) is 18.6. The fourth-order valence-corrected chi connectivity index (χ4v) is 2.42. The first-order chi connectivity index (χ1) is 12.8. The quantitative estimate of drug-likeness (QED) is 0.594. The highest BCUT2D eigenvalue weighted by molar-refractivity contribution is 5.58. The largest absolute Gasteiger partial charge is 0.416 e. The van der Waals surface area contributed by atoms with E-state index in [4.69, 9.17) is 0 Å². The normalized spacial score (nSPS) is 11.3. The van der Waals surface area contributed by atoms with Gasteiger partial charge < -0.3 is 10.6 Å². The minimum Gasteiger partial charge on any atom is -0.350 e. The van der Waals surface area contributed by atoms with Crippen molar-refractivity contribution in [3.05, 3.63) is 77.2 Å². The molecule has 140 valence electrons. The van der Waals surface area contributed by atoms with Gasteiger partial charge in [0, 0.05) is 29.6 Å². The van der Waals surface area contributed by atoms with Gasteiger partial charge in [0.05, 0.1) is 5.56 Å². The maximum absolute atomic E-state index is 13.7. The Hall–Kier alpha value is -3.16. The Balaban J connectivity index is 1.72. The van der Waals surface area contributed by atoms with Crippen molar-refractivity contribution >= 4 is 17.5 Å². The molecule has 0 spiro atoms. The molecule has 2 aromatic carbocycles. The average Bonchev–Trinajstić information content (AvgIpc) is 2.60. The lowest BCUT2D eigenvalue weighted by Gasteiger charge is -2.11. The van der Waals surface area contributed by atoms with Crippen molar-refractivity contribution in [1.29, 1.82) is 0 Å². The standard InChI is InChI=1S/C19H16F4N4/c1-12-10-17(26-15-8-6-14(7-9-15)19(21,22)23)27-18(25-12)24-11-13-4-2-3-5-16(13)20/h2-10H,11H2,1H3,(H2,24,25,26,27). The van der Waals surface area contributed by atoms with E-state index in [-0.39, 0.29) is 18.3 Å². The third-order valence-corrected chi connectivity index (χ3v) is 3.73. The monoisotopic (exact) mass is 376 g/mol. The van der Waals surface area contributed by atoms with Gasteiger partial charge in [0.15, 0.2) is 0 Å². The van der Waals surface area contributed by atoms with Crippen LogP contribution in [0, 0.1) is 12.7 Å². The number of aryl methyl sites for hydroxylation is 1. The zero-order chi connectivity index (χ0) is 19.4. The lowest BCUT2D eigenvalue weighted by Crippen LogP contribution is -2.07. The van der Waals surface area contributed by atoms with Crippen LogP contribution in [0.1, 0.15) is 16.8 Å². The Morgan fingerprint density at radius 1 is 0.963 bits per heavy atom. The van der Waals surface area contributed by atoms with Crippen molar-refractivity contribution in [3.8, 4) is 0 Å². The van der Waals surface area contributed by atoms with Crippen molar-refractivity contribution in [2.24, 2.45) is 0 Å². The Morgan fingerprint density at radius 2 is 1.67 bits per heavy atom. The minimum atomic E-state index is -4.38. The van der Waals surface area contributed by atoms with Gasteiger partial charge in [0.25, 0.3) is 0 Å². The minimum absolute atomic E-state index is 0.204. The number of alkyl halides is 3. The second kappa shape index (κ2) is 7.61. The summed E-state index contributed by atoms with van der Waals surface area (Å²) in [6.07, 6.45) is -4.38. The molecule has 1 aromatic heterocycles. The van der Waals surface area contributed by atoms with Crippen molar-refractivity contribution < 1.29 is 17.6 Å². The van der Waals surface area contributed by atoms with Crippen molar-refractivity contribution in [2.45, 2.75) is 19.6 Å². The molecule has 0 unspecified atom stereocenters. The summed E-state index contributed by atoms with van der Waals surface area (Å²) in [6, 6.07) is 12.7. The molecule has 0 aliphatic carbocycles. The van der Waals surface area contributed by atoms with E-state index in [0.717, 1.165) is 12.1 Å². The third-order valence-electron chi connectivity index (χ3n) is 3.73. The van der Waals surface area contributed by atoms with Gasteiger partial charge in [0.2, 0.25) is 5.95 Å². The van der Waals surface area contributed by atoms with E-state index in [2.05, 4.69) is 20.6 Å². The number of benzene rings is 2. The van der Waals surface area contributed by atoms with Gasteiger partial charge in [-0.2, -0.15) is 18.2 Å². The smallest absolute Gasteiger partial charge is 0.350 e. The summed E-state index contributed by atoms with van der Waals surface area (Å²) in [5.41, 5.74) is 0.857. The van der Waals surface area contributed by atoms with Crippen molar-refractivity contribution in [2.75, 3.05) is 10.6 Å². The van der Waals surface area contributed by atoms with Crippen LogP contribution in [-0.2, 0) is 12.7 Å². The van der Waals surface area contributed by atoms with Crippen LogP contribution < -0.4 is 10.6 Å². The molecule has 0 bridgehead atoms. The highest BCUT2D eigenvalue weighted by Gasteiger charge is 2.29. The summed E-state index contributed by atoms with van der Waals surface area (Å²) in [5, 5.41) is 5.89. The van der Waals surface area contributed by atoms with Crippen LogP contribution in [-0.4, -0.2) is 9.97 Å². The summed E-state index contributed by atoms with van der Waals surface area (Å²) < 4.78 is 51.6. The molecule has 0 saturated heterocycles. The van der Waals surface area contributed by atoms with Crippen LogP contribution in [0.15, 0.2) is 54.6 Å². The van der Waals surface area contributed by atoms with Crippen LogP contribution in [0.25, 0.3) is 0 Å². The van der Waals surface area contributed by atoms with Crippen molar-refractivity contribution in [3.63, 3.8) is 0 Å². The molecule has 0 amide bonds. The van der Waals surface area contributed by atoms with E-state index >= 15 is 0 Å². The maximum atomic E-state index is 13.7. The van der Waals surface area contributed by atoms with E-state index in [1.165, 1.54) is 18.2 Å². The van der Waals surface area contributed by atoms with Gasteiger partial charge in [-0.3, -0.25) is 0 Å². The number of hydrogen-bond acceptors (Lipinski definition) is 4. The highest BCUT2D eigenvalue weighted by atomic mass is 19.4. The fourth-order valence-electron chi connectivity index (χ4n) is 2.42. The molecular formula is C19H16F4N4. The van der Waals surface area contributed by atoms with Gasteiger partial charge >= 0.3 is 6.18 Å². The van der Waals surface area contributed by atoms with Gasteiger partial charge in [-0.1, -0.05) is 18.2 Å². The summed E-state index contributed by atoms with van der Waals surface area (Å²) in [6.45, 7) is 1.96. The zero-order valence-corrected chi connectivity index (χ0v) is 14.3. The number of nitrogens with zero attached hydrogens (tertiary/aromatic N) is 2. The van der Waals surface area contributed by atoms with E-state index in [0.29, 0.717) is 22.8 Å². The molecule has 2 N–H and O–H groups in total. The SMILES string of the molecule is Cc1cc(Nc2ccc(C(F)(F)F)cc2)nc(NCc2ccccc2F)n1. The zero-order valence-electron chi connectivity index (χ0n) is 14.3. The molecule has 3 aromatic rings. The number of aromatic nitrogens is 2. The van der Waals surface area contributed by atoms with Gasteiger partial charge in [0.1, 0.15) is 11.6 Å². The topological polar surface area (TPSA) is 49.8 Å². The van der Waals surface area contributed by atoms with Crippen LogP contribution in [0.5, 0.6) is 0 Å². The number of nitrogens with one attached hydrogen (secondary N) is 2. The van der Waals surface area contributed by atoms with E-state index in [9.17, 15) is 17.6 Å². The lowest BCUT2D eigenvalue weighted by atomic mass is 10.2. The molecule has 27 heavy (non-hydrogen) atoms. The molecule has 4 nitrogen and oxygen atoms in total. The van der Waals surface area contributed by atoms with E-state index in [1.807, 2.05) is 0 Å². The van der Waals surface area contributed by atoms with Crippen molar-refractivity contribution in [1.82, 2.24) is 9.97 Å². The lowest BCUT2D eigenvalue weighted by molar-refractivity contribution is -0.137. The summed E-state index contributed by atoms with van der Waals surface area (Å²) in [4.78, 5) is 8.50. The number of rotatable bonds is 5. The van der Waals surface area contributed by atoms with Gasteiger partial charge in [-0.05, 0) is 37.3 Å². The fraction of sp³-hybridized carbons (Fsp3) is 0.158. The average molecular weight is 376 g/mol. The molecule has 0 fully saturated rings. The molecule has 3 rings (SSSR count). The maximum Gasteiger partial charge on any atom is 0.416 e. The summed E-state index contributed by atoms with van der Waals surface area (Å²) in [5.74, 6) is 0.367. The van der Waals surface area contributed by atoms with Crippen LogP contribution in [0.4, 0.5) is 35.0 Å². The Morgan fingerprint density at radius 3 is 2.33 bits per heavy atom. The number of halogens is 4. The first-order valence-electron chi connectivity index (χ1n) is 8.08. The predicted molar refractivity (Wildman–Crippen MR) is 95.2 cm³/mol. The van der Waals surface area contributed by atoms with Gasteiger partial charge in [-0.25, -0.2) is 9.37 Å². The Labute approximate surface area is 153 Å². The molecule has 0 aliphatic heterocycles. The van der Waals surface area contributed by atoms with Gasteiger partial charge in [-0.15, -0.1) is 0 Å². The third kappa shape index (κ3) is 4.93. The van der Waals surface area contributed by atoms with E-state index in [1.54, 1.807) is 31.2 Å². The molecule has 0 atom stereocenters. The molecule has 0 aliphatic rings. The molecule has 1 heterocycles. The van der Waals surface area contributed by atoms with Crippen LogP contribution in [0.3, 0.4) is 0 Å². The summed E-state index contributed by atoms with van der Waals surface area (Å²) in [7, 11) is 0. The predicted octanol–water partition coefficient (Wildman–Crippen LogP) is 5.30. The number of hydrogen-bond donors (Lipinski definition) is 2. The Bertz CT molecular complexity index is 924. The molecule has 8 heteroatoms. The second-order valence-corrected chi connectivity index (χ2v) is 5.86. The van der Waals surface area contributed by atoms with Crippen LogP contribution in [0.2, 0.25) is 0 Å². The molecular weight excluding hydrogens is 360 g/mol. The molecule has 0 radical (unpaired) electrons. The summed E-state index contributed by atoms with van der Waals surface area (Å²) >= 11 is 0. The van der Waals surface area contributed by atoms with E-state index < -0.39 is 11.7 Å². The number of anilines is 3. The Kier molecular flexibility index (Phi) is 5.25. The second-order valence-electron chi connectivity index (χ2n) is 5.86. The first-order valence-corrected chi connectivity index (χ1v) is 8.08. The molecule has 0 saturated carbocycles. The highest BCUT2D eigenvalue weighted by Crippen LogP contribution is 2.30. The van der Waals surface area contributed by atoms with Crippen LogP contribution >= 0.6 is 0 Å².